The van der Waals surface area contributed by atoms with Crippen molar-refractivity contribution in [1.29, 1.82) is 0 Å². The molecule has 0 bridgehead atoms. The van der Waals surface area contributed by atoms with E-state index in [1.165, 1.54) is 0 Å². The van der Waals surface area contributed by atoms with Gasteiger partial charge in [0.2, 0.25) is 0 Å². The van der Waals surface area contributed by atoms with E-state index in [1.54, 1.807) is 38.2 Å². The zero-order valence-electron chi connectivity index (χ0n) is 12.5. The van der Waals surface area contributed by atoms with Crippen LogP contribution in [0.25, 0.3) is 0 Å². The summed E-state index contributed by atoms with van der Waals surface area (Å²) in [5, 5.41) is 0. The predicted octanol–water partition coefficient (Wildman–Crippen LogP) is 3.20. The van der Waals surface area contributed by atoms with E-state index in [-0.39, 0.29) is 19.4 Å². The second-order valence-corrected chi connectivity index (χ2v) is 8.52. The molecule has 0 aliphatic carbocycles. The summed E-state index contributed by atoms with van der Waals surface area (Å²) in [4.78, 5) is 18.0. The number of hydrogen-bond acceptors (Lipinski definition) is 4. The van der Waals surface area contributed by atoms with Gasteiger partial charge in [-0.05, 0) is 33.1 Å². The summed E-state index contributed by atoms with van der Waals surface area (Å²) in [7, 11) is -7.88. The minimum absolute atomic E-state index is 0.0790. The van der Waals surface area contributed by atoms with Gasteiger partial charge >= 0.3 is 15.2 Å². The molecule has 0 aliphatic rings. The Morgan fingerprint density at radius 3 is 1.76 bits per heavy atom. The first-order chi connectivity index (χ1) is 9.54. The molecule has 0 unspecified atom stereocenters. The highest BCUT2D eigenvalue weighted by atomic mass is 31.2. The second kappa shape index (κ2) is 9.04. The van der Waals surface area contributed by atoms with Crippen molar-refractivity contribution in [3.8, 4) is 0 Å². The van der Waals surface area contributed by atoms with Crippen LogP contribution in [0.2, 0.25) is 0 Å². The fraction of sp³-hybridized carbons (Fsp3) is 0.538. The Morgan fingerprint density at radius 1 is 1.00 bits per heavy atom. The highest BCUT2D eigenvalue weighted by Gasteiger charge is 2.37. The second-order valence-electron chi connectivity index (χ2n) is 4.82. The Kier molecular flexibility index (Phi) is 8.94. The molecule has 0 spiro atoms. The lowest BCUT2D eigenvalue weighted by molar-refractivity contribution is 0.230. The van der Waals surface area contributed by atoms with E-state index in [0.717, 1.165) is 0 Å². The van der Waals surface area contributed by atoms with Crippen molar-refractivity contribution in [2.75, 3.05) is 25.5 Å². The molecule has 6 nitrogen and oxygen atoms in total. The lowest BCUT2D eigenvalue weighted by Gasteiger charge is -2.28. The van der Waals surface area contributed by atoms with Crippen LogP contribution >= 0.6 is 15.2 Å². The molecule has 0 amide bonds. The third-order valence-corrected chi connectivity index (χ3v) is 5.50. The molecule has 0 aliphatic heterocycles. The van der Waals surface area contributed by atoms with Crippen molar-refractivity contribution >= 4 is 15.2 Å². The smallest absolute Gasteiger partial charge is 0.324 e. The summed E-state index contributed by atoms with van der Waals surface area (Å²) in [6.07, 6.45) is 5.90. The topological polar surface area (TPSA) is 93.1 Å². The molecule has 0 saturated carbocycles. The third-order valence-electron chi connectivity index (χ3n) is 2.28. The lowest BCUT2D eigenvalue weighted by atomic mass is 10.0. The average molecular weight is 338 g/mol. The molecule has 122 valence electrons. The quantitative estimate of drug-likeness (QED) is 0.469. The molecule has 0 atom stereocenters. The molecule has 0 saturated heterocycles. The van der Waals surface area contributed by atoms with Crippen molar-refractivity contribution in [3.63, 3.8) is 0 Å². The number of rotatable bonds is 10. The van der Waals surface area contributed by atoms with Gasteiger partial charge in [-0.2, -0.15) is 0 Å². The molecule has 2 N–H and O–H groups in total. The van der Waals surface area contributed by atoms with Crippen LogP contribution < -0.4 is 0 Å². The fourth-order valence-electron chi connectivity index (χ4n) is 1.53. The van der Waals surface area contributed by atoms with Crippen LogP contribution in [0.4, 0.5) is 0 Å². The molecule has 21 heavy (non-hydrogen) atoms. The molecule has 2 radical (unpaired) electrons. The van der Waals surface area contributed by atoms with Gasteiger partial charge in [0.25, 0.3) is 0 Å². The van der Waals surface area contributed by atoms with Gasteiger partial charge in [-0.25, -0.2) is 0 Å². The maximum atomic E-state index is 12.6. The van der Waals surface area contributed by atoms with E-state index in [1.807, 2.05) is 0 Å². The van der Waals surface area contributed by atoms with Crippen molar-refractivity contribution in [2.24, 2.45) is 5.41 Å². The first-order valence-electron chi connectivity index (χ1n) is 6.39. The van der Waals surface area contributed by atoms with Gasteiger partial charge in [0.05, 0.1) is 25.5 Å². The zero-order valence-corrected chi connectivity index (χ0v) is 14.3. The average Bonchev–Trinajstić information content (AvgIpc) is 2.25. The summed E-state index contributed by atoms with van der Waals surface area (Å²) in [5.74, 6) is 0. The fourth-order valence-corrected chi connectivity index (χ4v) is 4.51. The summed E-state index contributed by atoms with van der Waals surface area (Å²) >= 11 is 0. The van der Waals surface area contributed by atoms with Crippen LogP contribution in [0.1, 0.15) is 13.8 Å². The lowest BCUT2D eigenvalue weighted by Crippen LogP contribution is -2.24. The van der Waals surface area contributed by atoms with Gasteiger partial charge in [0, 0.05) is 0 Å². The summed E-state index contributed by atoms with van der Waals surface area (Å²) in [6, 6.07) is 0. The van der Waals surface area contributed by atoms with Crippen molar-refractivity contribution in [3.05, 3.63) is 38.2 Å². The minimum Gasteiger partial charge on any atom is -0.324 e. The monoisotopic (exact) mass is 338 g/mol. The number of hydrogen-bond donors (Lipinski definition) is 2. The normalized spacial score (nSPS) is 16.7. The maximum absolute atomic E-state index is 12.6. The molecule has 0 heterocycles. The van der Waals surface area contributed by atoms with Gasteiger partial charge in [-0.3, -0.25) is 9.13 Å². The molecular weight excluding hydrogens is 314 g/mol. The summed E-state index contributed by atoms with van der Waals surface area (Å²) in [5.41, 5.74) is -1.36. The Morgan fingerprint density at radius 2 is 1.43 bits per heavy atom. The predicted molar refractivity (Wildman–Crippen MR) is 84.1 cm³/mol. The first-order valence-corrected chi connectivity index (χ1v) is 9.92. The SMILES string of the molecule is [CH2]C([CH2])(CP(=O)(O)O)CP(=O)(OCC=CC)OCC=CC. The van der Waals surface area contributed by atoms with E-state index in [0.29, 0.717) is 0 Å². The highest BCUT2D eigenvalue weighted by molar-refractivity contribution is 7.54. The van der Waals surface area contributed by atoms with E-state index >= 15 is 0 Å². The molecular formula is C13H24O6P2. The highest BCUT2D eigenvalue weighted by Crippen LogP contribution is 2.55. The van der Waals surface area contributed by atoms with Gasteiger partial charge in [-0.1, -0.05) is 24.3 Å². The van der Waals surface area contributed by atoms with Crippen LogP contribution in [0.3, 0.4) is 0 Å². The standard InChI is InChI=1S/C13H24O6P2/c1-5-7-9-18-21(17,19-10-8-6-2)12-13(3,4)11-20(14,15)16/h5-8H,3-4,9-12H2,1-2H3,(H2,14,15,16). The largest absolute Gasteiger partial charge is 0.331 e. The van der Waals surface area contributed by atoms with E-state index in [9.17, 15) is 9.13 Å². The van der Waals surface area contributed by atoms with E-state index in [4.69, 9.17) is 18.8 Å². The zero-order chi connectivity index (χ0) is 16.6. The molecule has 0 rings (SSSR count). The molecule has 8 heteroatoms. The van der Waals surface area contributed by atoms with Crippen LogP contribution in [-0.2, 0) is 18.2 Å². The van der Waals surface area contributed by atoms with Crippen molar-refractivity contribution in [2.45, 2.75) is 13.8 Å². The van der Waals surface area contributed by atoms with Crippen LogP contribution in [-0.4, -0.2) is 35.3 Å². The van der Waals surface area contributed by atoms with Crippen LogP contribution in [0, 0.1) is 19.3 Å². The number of allylic oxidation sites excluding steroid dienone is 2. The Labute approximate surface area is 126 Å². The van der Waals surface area contributed by atoms with E-state index in [2.05, 4.69) is 13.8 Å². The van der Waals surface area contributed by atoms with Gasteiger partial charge in [0.1, 0.15) is 0 Å². The molecule has 0 aromatic carbocycles. The van der Waals surface area contributed by atoms with Crippen LogP contribution in [0.15, 0.2) is 24.3 Å². The van der Waals surface area contributed by atoms with Gasteiger partial charge in [0.15, 0.2) is 0 Å². The molecule has 0 aromatic rings. The minimum atomic E-state index is -4.32. The summed E-state index contributed by atoms with van der Waals surface area (Å²) < 4.78 is 34.2. The Hall–Kier alpha value is -0.220. The third kappa shape index (κ3) is 11.1. The first kappa shape index (κ1) is 20.8. The van der Waals surface area contributed by atoms with E-state index < -0.39 is 26.8 Å². The van der Waals surface area contributed by atoms with Crippen molar-refractivity contribution < 1.29 is 28.0 Å². The molecule has 0 aromatic heterocycles. The van der Waals surface area contributed by atoms with Crippen molar-refractivity contribution in [1.82, 2.24) is 0 Å². The van der Waals surface area contributed by atoms with Gasteiger partial charge < -0.3 is 18.8 Å². The molecule has 0 fully saturated rings. The van der Waals surface area contributed by atoms with Gasteiger partial charge in [-0.15, -0.1) is 0 Å². The summed E-state index contributed by atoms with van der Waals surface area (Å²) in [6.45, 7) is 11.0. The maximum Gasteiger partial charge on any atom is 0.331 e. The Bertz CT molecular complexity index is 430. The Balaban J connectivity index is 4.93. The van der Waals surface area contributed by atoms with Crippen LogP contribution in [0.5, 0.6) is 0 Å².